The molecule has 0 aliphatic carbocycles. The van der Waals surface area contributed by atoms with Crippen LogP contribution in [0.2, 0.25) is 0 Å². The van der Waals surface area contributed by atoms with E-state index < -0.39 is 21.8 Å². The number of rotatable bonds is 5. The van der Waals surface area contributed by atoms with Gasteiger partial charge in [0.1, 0.15) is 11.6 Å². The van der Waals surface area contributed by atoms with Crippen LogP contribution in [0.1, 0.15) is 10.4 Å². The average Bonchev–Trinajstić information content (AvgIpc) is 2.68. The largest absolute Gasteiger partial charge is 0.496 e. The van der Waals surface area contributed by atoms with Crippen molar-refractivity contribution in [2.75, 3.05) is 33.4 Å². The molecular weight excluding hydrogens is 377 g/mol. The van der Waals surface area contributed by atoms with E-state index in [2.05, 4.69) is 0 Å². The van der Waals surface area contributed by atoms with E-state index in [1.807, 2.05) is 0 Å². The lowest BCUT2D eigenvalue weighted by atomic mass is 10.0. The molecule has 2 aromatic rings. The summed E-state index contributed by atoms with van der Waals surface area (Å²) in [6.07, 6.45) is 0. The number of carbonyl (C=O) groups is 1. The SMILES string of the molecule is COc1ccc(F)cc1-c1cc(C(=O)O)cc(S(=O)(=O)N2CCOCC2)c1. The maximum Gasteiger partial charge on any atom is 0.335 e. The minimum atomic E-state index is -3.92. The topological polar surface area (TPSA) is 93.1 Å². The Hall–Kier alpha value is -2.49. The molecule has 0 unspecified atom stereocenters. The molecule has 2 aromatic carbocycles. The second kappa shape index (κ2) is 7.63. The third-order valence-corrected chi connectivity index (χ3v) is 6.11. The molecule has 1 heterocycles. The third-order valence-electron chi connectivity index (χ3n) is 4.23. The summed E-state index contributed by atoms with van der Waals surface area (Å²) in [7, 11) is -2.53. The minimum Gasteiger partial charge on any atom is -0.496 e. The fourth-order valence-corrected chi connectivity index (χ4v) is 4.35. The van der Waals surface area contributed by atoms with Crippen LogP contribution in [0.5, 0.6) is 5.75 Å². The van der Waals surface area contributed by atoms with Crippen molar-refractivity contribution < 1.29 is 32.2 Å². The summed E-state index contributed by atoms with van der Waals surface area (Å²) in [5.74, 6) is -1.54. The zero-order chi connectivity index (χ0) is 19.6. The number of aromatic carboxylic acids is 1. The Labute approximate surface area is 156 Å². The van der Waals surface area contributed by atoms with E-state index in [1.165, 1.54) is 41.7 Å². The Balaban J connectivity index is 2.17. The number of hydrogen-bond donors (Lipinski definition) is 1. The van der Waals surface area contributed by atoms with E-state index in [-0.39, 0.29) is 47.9 Å². The fraction of sp³-hybridized carbons (Fsp3) is 0.278. The number of halogens is 1. The van der Waals surface area contributed by atoms with Crippen molar-refractivity contribution >= 4 is 16.0 Å². The van der Waals surface area contributed by atoms with Gasteiger partial charge < -0.3 is 14.6 Å². The zero-order valence-electron chi connectivity index (χ0n) is 14.5. The van der Waals surface area contributed by atoms with Gasteiger partial charge in [-0.05, 0) is 42.0 Å². The molecule has 144 valence electrons. The second-order valence-corrected chi connectivity index (χ2v) is 7.85. The molecule has 27 heavy (non-hydrogen) atoms. The van der Waals surface area contributed by atoms with Gasteiger partial charge >= 0.3 is 5.97 Å². The van der Waals surface area contributed by atoms with E-state index in [4.69, 9.17) is 9.47 Å². The molecular formula is C18H18FNO6S. The number of methoxy groups -OCH3 is 1. The van der Waals surface area contributed by atoms with Gasteiger partial charge in [-0.1, -0.05) is 0 Å². The van der Waals surface area contributed by atoms with Crippen LogP contribution in [0.25, 0.3) is 11.1 Å². The number of hydrogen-bond acceptors (Lipinski definition) is 5. The molecule has 0 bridgehead atoms. The number of nitrogens with zero attached hydrogens (tertiary/aromatic N) is 1. The van der Waals surface area contributed by atoms with Crippen molar-refractivity contribution in [3.8, 4) is 16.9 Å². The molecule has 1 saturated heterocycles. The van der Waals surface area contributed by atoms with Crippen molar-refractivity contribution in [2.24, 2.45) is 0 Å². The molecule has 0 amide bonds. The van der Waals surface area contributed by atoms with Crippen molar-refractivity contribution in [3.05, 3.63) is 47.8 Å². The minimum absolute atomic E-state index is 0.175. The summed E-state index contributed by atoms with van der Waals surface area (Å²) in [6.45, 7) is 0.890. The van der Waals surface area contributed by atoms with Gasteiger partial charge in [-0.2, -0.15) is 4.31 Å². The van der Waals surface area contributed by atoms with E-state index in [9.17, 15) is 22.7 Å². The molecule has 0 spiro atoms. The zero-order valence-corrected chi connectivity index (χ0v) is 15.3. The summed E-state index contributed by atoms with van der Waals surface area (Å²) in [5, 5.41) is 9.40. The van der Waals surface area contributed by atoms with Crippen LogP contribution in [-0.4, -0.2) is 57.2 Å². The molecule has 1 N–H and O–H groups in total. The molecule has 0 aromatic heterocycles. The number of carboxylic acids is 1. The van der Waals surface area contributed by atoms with Gasteiger partial charge in [-0.15, -0.1) is 0 Å². The van der Waals surface area contributed by atoms with E-state index in [0.717, 1.165) is 6.07 Å². The maximum atomic E-state index is 13.7. The first kappa shape index (κ1) is 19.3. The average molecular weight is 395 g/mol. The molecule has 7 nitrogen and oxygen atoms in total. The molecule has 3 rings (SSSR count). The van der Waals surface area contributed by atoms with Crippen LogP contribution >= 0.6 is 0 Å². The molecule has 1 aliphatic heterocycles. The lowest BCUT2D eigenvalue weighted by Gasteiger charge is -2.26. The molecule has 0 atom stereocenters. The quantitative estimate of drug-likeness (QED) is 0.835. The van der Waals surface area contributed by atoms with Crippen LogP contribution < -0.4 is 4.74 Å². The van der Waals surface area contributed by atoms with Crippen molar-refractivity contribution in [1.29, 1.82) is 0 Å². The van der Waals surface area contributed by atoms with Gasteiger partial charge in [-0.3, -0.25) is 0 Å². The van der Waals surface area contributed by atoms with Gasteiger partial charge in [0.25, 0.3) is 0 Å². The Morgan fingerprint density at radius 1 is 1.19 bits per heavy atom. The van der Waals surface area contributed by atoms with Gasteiger partial charge in [0.2, 0.25) is 10.0 Å². The number of morpholine rings is 1. The summed E-state index contributed by atoms with van der Waals surface area (Å²) in [4.78, 5) is 11.4. The number of sulfonamides is 1. The van der Waals surface area contributed by atoms with E-state index in [0.29, 0.717) is 5.75 Å². The molecule has 1 aliphatic rings. The van der Waals surface area contributed by atoms with Crippen LogP contribution in [0.3, 0.4) is 0 Å². The molecule has 0 saturated carbocycles. The first-order chi connectivity index (χ1) is 12.8. The van der Waals surface area contributed by atoms with Gasteiger partial charge in [0.05, 0.1) is 30.8 Å². The normalized spacial score (nSPS) is 15.5. The standard InChI is InChI=1S/C18H18FNO6S/c1-25-17-3-2-14(19)11-16(17)12-8-13(18(21)22)10-15(9-12)27(23,24)20-4-6-26-7-5-20/h2-3,8-11H,4-7H2,1H3,(H,21,22). The molecule has 9 heteroatoms. The number of ether oxygens (including phenoxy) is 2. The highest BCUT2D eigenvalue weighted by atomic mass is 32.2. The Morgan fingerprint density at radius 3 is 2.52 bits per heavy atom. The van der Waals surface area contributed by atoms with Gasteiger partial charge in [0, 0.05) is 18.7 Å². The van der Waals surface area contributed by atoms with Gasteiger partial charge in [-0.25, -0.2) is 17.6 Å². The van der Waals surface area contributed by atoms with Gasteiger partial charge in [0.15, 0.2) is 0 Å². The maximum absolute atomic E-state index is 13.7. The van der Waals surface area contributed by atoms with Crippen LogP contribution in [0.4, 0.5) is 4.39 Å². The third kappa shape index (κ3) is 3.95. The van der Waals surface area contributed by atoms with E-state index >= 15 is 0 Å². The first-order valence-corrected chi connectivity index (χ1v) is 9.57. The Kier molecular flexibility index (Phi) is 5.45. The Bertz CT molecular complexity index is 970. The first-order valence-electron chi connectivity index (χ1n) is 8.13. The van der Waals surface area contributed by atoms with E-state index in [1.54, 1.807) is 0 Å². The predicted molar refractivity (Wildman–Crippen MR) is 94.9 cm³/mol. The van der Waals surface area contributed by atoms with Crippen molar-refractivity contribution in [2.45, 2.75) is 4.90 Å². The number of benzene rings is 2. The smallest absolute Gasteiger partial charge is 0.335 e. The van der Waals surface area contributed by atoms with Crippen molar-refractivity contribution in [3.63, 3.8) is 0 Å². The summed E-state index contributed by atoms with van der Waals surface area (Å²) in [5.41, 5.74) is 0.280. The summed E-state index contributed by atoms with van der Waals surface area (Å²) >= 11 is 0. The van der Waals surface area contributed by atoms with Crippen molar-refractivity contribution in [1.82, 2.24) is 4.31 Å². The highest BCUT2D eigenvalue weighted by Crippen LogP contribution is 2.33. The lowest BCUT2D eigenvalue weighted by Crippen LogP contribution is -2.40. The van der Waals surface area contributed by atoms with Crippen LogP contribution in [0, 0.1) is 5.82 Å². The predicted octanol–water partition coefficient (Wildman–Crippen LogP) is 2.22. The molecule has 0 radical (unpaired) electrons. The fourth-order valence-electron chi connectivity index (χ4n) is 2.87. The molecule has 1 fully saturated rings. The summed E-state index contributed by atoms with van der Waals surface area (Å²) < 4.78 is 51.2. The number of carboxylic acid groups (broad SMARTS) is 1. The Morgan fingerprint density at radius 2 is 1.89 bits per heavy atom. The lowest BCUT2D eigenvalue weighted by molar-refractivity contribution is 0.0696. The van der Waals surface area contributed by atoms with Crippen LogP contribution in [0.15, 0.2) is 41.3 Å². The van der Waals surface area contributed by atoms with Crippen LogP contribution in [-0.2, 0) is 14.8 Å². The monoisotopic (exact) mass is 395 g/mol. The second-order valence-electron chi connectivity index (χ2n) is 5.91. The highest BCUT2D eigenvalue weighted by Gasteiger charge is 2.28. The highest BCUT2D eigenvalue weighted by molar-refractivity contribution is 7.89. The summed E-state index contributed by atoms with van der Waals surface area (Å²) in [6, 6.07) is 7.49.